The van der Waals surface area contributed by atoms with Crippen molar-refractivity contribution in [2.45, 2.75) is 6.92 Å². The molecule has 4 aromatic rings. The molecule has 0 atom stereocenters. The molecule has 1 aromatic heterocycles. The molecule has 0 aliphatic heterocycles. The molecule has 0 saturated carbocycles. The summed E-state index contributed by atoms with van der Waals surface area (Å²) in [7, 11) is 0. The van der Waals surface area contributed by atoms with Gasteiger partial charge in [0.25, 0.3) is 5.91 Å². The molecule has 0 fully saturated rings. The van der Waals surface area contributed by atoms with Crippen LogP contribution in [0.25, 0.3) is 22.0 Å². The van der Waals surface area contributed by atoms with Crippen molar-refractivity contribution < 1.29 is 4.79 Å². The number of rotatable bonds is 3. The fraction of sp³-hybridized carbons (Fsp3) is 0.0476. The Kier molecular flexibility index (Phi) is 4.45. The van der Waals surface area contributed by atoms with Gasteiger partial charge in [-0.1, -0.05) is 54.1 Å². The number of amides is 1. The number of hydrogen-bond acceptors (Lipinski definition) is 3. The van der Waals surface area contributed by atoms with Crippen LogP contribution in [0, 0.1) is 6.92 Å². The molecule has 0 spiro atoms. The number of thiazole rings is 1. The van der Waals surface area contributed by atoms with Crippen LogP contribution in [-0.2, 0) is 0 Å². The highest BCUT2D eigenvalue weighted by atomic mass is 35.5. The molecule has 0 bridgehead atoms. The van der Waals surface area contributed by atoms with E-state index in [1.807, 2.05) is 36.6 Å². The Morgan fingerprint density at radius 3 is 2.65 bits per heavy atom. The van der Waals surface area contributed by atoms with Gasteiger partial charge in [-0.05, 0) is 41.5 Å². The minimum atomic E-state index is -0.255. The van der Waals surface area contributed by atoms with Crippen LogP contribution in [0.5, 0.6) is 0 Å². The largest absolute Gasteiger partial charge is 0.298 e. The van der Waals surface area contributed by atoms with E-state index in [1.165, 1.54) is 16.7 Å². The van der Waals surface area contributed by atoms with Crippen molar-refractivity contribution >= 4 is 44.7 Å². The van der Waals surface area contributed by atoms with E-state index < -0.39 is 0 Å². The van der Waals surface area contributed by atoms with Gasteiger partial charge in [0, 0.05) is 10.9 Å². The second-order valence-corrected chi connectivity index (χ2v) is 7.30. The van der Waals surface area contributed by atoms with Crippen LogP contribution >= 0.6 is 22.9 Å². The molecule has 0 saturated heterocycles. The summed E-state index contributed by atoms with van der Waals surface area (Å²) in [4.78, 5) is 17.0. The van der Waals surface area contributed by atoms with Crippen LogP contribution in [0.1, 0.15) is 15.9 Å². The normalized spacial score (nSPS) is 10.8. The minimum Gasteiger partial charge on any atom is -0.298 e. The van der Waals surface area contributed by atoms with Crippen LogP contribution in [0.4, 0.5) is 5.13 Å². The number of halogens is 1. The lowest BCUT2D eigenvalue weighted by molar-refractivity contribution is 0.102. The molecule has 0 unspecified atom stereocenters. The molecule has 1 N–H and O–H groups in total. The Morgan fingerprint density at radius 1 is 1.04 bits per heavy atom. The lowest BCUT2D eigenvalue weighted by Crippen LogP contribution is -2.12. The van der Waals surface area contributed by atoms with Crippen molar-refractivity contribution in [3.05, 3.63) is 82.2 Å². The first-order valence-electron chi connectivity index (χ1n) is 8.12. The number of benzene rings is 3. The average molecular weight is 379 g/mol. The molecule has 3 nitrogen and oxygen atoms in total. The van der Waals surface area contributed by atoms with Crippen molar-refractivity contribution in [3.8, 4) is 11.3 Å². The van der Waals surface area contributed by atoms with Crippen LogP contribution < -0.4 is 5.32 Å². The van der Waals surface area contributed by atoms with Gasteiger partial charge in [0.05, 0.1) is 16.3 Å². The minimum absolute atomic E-state index is 0.255. The van der Waals surface area contributed by atoms with Crippen LogP contribution in [0.3, 0.4) is 0 Å². The van der Waals surface area contributed by atoms with Crippen molar-refractivity contribution in [1.29, 1.82) is 0 Å². The van der Waals surface area contributed by atoms with Gasteiger partial charge >= 0.3 is 0 Å². The van der Waals surface area contributed by atoms with Crippen LogP contribution in [0.2, 0.25) is 5.02 Å². The predicted molar refractivity (Wildman–Crippen MR) is 109 cm³/mol. The summed E-state index contributed by atoms with van der Waals surface area (Å²) in [5.74, 6) is -0.255. The number of carbonyl (C=O) groups is 1. The molecule has 26 heavy (non-hydrogen) atoms. The van der Waals surface area contributed by atoms with E-state index >= 15 is 0 Å². The molecule has 3 aromatic carbocycles. The summed E-state index contributed by atoms with van der Waals surface area (Å²) in [5.41, 5.74) is 3.32. The average Bonchev–Trinajstić information content (AvgIpc) is 3.09. The van der Waals surface area contributed by atoms with Gasteiger partial charge in [0.2, 0.25) is 0 Å². The summed E-state index contributed by atoms with van der Waals surface area (Å²) in [6.45, 7) is 1.93. The maximum atomic E-state index is 12.4. The van der Waals surface area contributed by atoms with Gasteiger partial charge in [-0.25, -0.2) is 4.98 Å². The highest BCUT2D eigenvalue weighted by Crippen LogP contribution is 2.28. The molecule has 0 radical (unpaired) electrons. The van der Waals surface area contributed by atoms with Gasteiger partial charge in [-0.2, -0.15) is 0 Å². The van der Waals surface area contributed by atoms with E-state index in [9.17, 15) is 4.79 Å². The topological polar surface area (TPSA) is 42.0 Å². The summed E-state index contributed by atoms with van der Waals surface area (Å²) in [5, 5.41) is 8.11. The van der Waals surface area contributed by atoms with Crippen LogP contribution in [-0.4, -0.2) is 10.9 Å². The Balaban J connectivity index is 1.58. The number of nitrogens with one attached hydrogen (secondary N) is 1. The molecular formula is C21H15ClN2OS. The summed E-state index contributed by atoms with van der Waals surface area (Å²) < 4.78 is 0. The predicted octanol–water partition coefficient (Wildman–Crippen LogP) is 6.18. The summed E-state index contributed by atoms with van der Waals surface area (Å²) in [6.07, 6.45) is 0. The quantitative estimate of drug-likeness (QED) is 0.462. The highest BCUT2D eigenvalue weighted by Gasteiger charge is 2.13. The standard InChI is InChI=1S/C21H15ClN2OS/c1-13-6-9-17(18(22)10-13)20(25)24-21-23-19(12-26-21)16-8-7-14-4-2-3-5-15(14)11-16/h2-12H,1H3,(H,23,24,25). The van der Waals surface area contributed by atoms with E-state index in [2.05, 4.69) is 34.6 Å². The van der Waals surface area contributed by atoms with E-state index in [4.69, 9.17) is 11.6 Å². The second kappa shape index (κ2) is 6.90. The van der Waals surface area contributed by atoms with E-state index in [-0.39, 0.29) is 5.91 Å². The lowest BCUT2D eigenvalue weighted by Gasteiger charge is -2.05. The van der Waals surface area contributed by atoms with Crippen molar-refractivity contribution in [2.24, 2.45) is 0 Å². The lowest BCUT2D eigenvalue weighted by atomic mass is 10.1. The van der Waals surface area contributed by atoms with E-state index in [0.717, 1.165) is 22.2 Å². The highest BCUT2D eigenvalue weighted by molar-refractivity contribution is 7.14. The smallest absolute Gasteiger partial charge is 0.258 e. The molecular weight excluding hydrogens is 364 g/mol. The second-order valence-electron chi connectivity index (χ2n) is 6.04. The number of carbonyl (C=O) groups excluding carboxylic acids is 1. The van der Waals surface area contributed by atoms with E-state index in [1.54, 1.807) is 12.1 Å². The van der Waals surface area contributed by atoms with Crippen molar-refractivity contribution in [1.82, 2.24) is 4.98 Å². The molecule has 128 valence electrons. The fourth-order valence-corrected chi connectivity index (χ4v) is 3.82. The molecule has 1 amide bonds. The Morgan fingerprint density at radius 2 is 1.85 bits per heavy atom. The number of hydrogen-bond donors (Lipinski definition) is 1. The van der Waals surface area contributed by atoms with Gasteiger partial charge in [-0.15, -0.1) is 11.3 Å². The van der Waals surface area contributed by atoms with Gasteiger partial charge in [0.15, 0.2) is 5.13 Å². The zero-order valence-corrected chi connectivity index (χ0v) is 15.6. The van der Waals surface area contributed by atoms with Gasteiger partial charge in [0.1, 0.15) is 0 Å². The Hall–Kier alpha value is -2.69. The summed E-state index contributed by atoms with van der Waals surface area (Å²) >= 11 is 7.56. The number of anilines is 1. The van der Waals surface area contributed by atoms with Crippen LogP contribution in [0.15, 0.2) is 66.0 Å². The van der Waals surface area contributed by atoms with Crippen molar-refractivity contribution in [3.63, 3.8) is 0 Å². The number of aryl methyl sites for hydroxylation is 1. The molecule has 4 rings (SSSR count). The van der Waals surface area contributed by atoms with Crippen molar-refractivity contribution in [2.75, 3.05) is 5.32 Å². The SMILES string of the molecule is Cc1ccc(C(=O)Nc2nc(-c3ccc4ccccc4c3)cs2)c(Cl)c1. The van der Waals surface area contributed by atoms with Gasteiger partial charge < -0.3 is 0 Å². The third-order valence-corrected chi connectivity index (χ3v) is 5.21. The molecule has 5 heteroatoms. The first-order valence-corrected chi connectivity index (χ1v) is 9.38. The van der Waals surface area contributed by atoms with Gasteiger partial charge in [-0.3, -0.25) is 10.1 Å². The molecule has 0 aliphatic carbocycles. The monoisotopic (exact) mass is 378 g/mol. The number of nitrogens with zero attached hydrogens (tertiary/aromatic N) is 1. The van der Waals surface area contributed by atoms with E-state index in [0.29, 0.717) is 15.7 Å². The third-order valence-electron chi connectivity index (χ3n) is 4.14. The fourth-order valence-electron chi connectivity index (χ4n) is 2.78. The maximum Gasteiger partial charge on any atom is 0.258 e. The molecule has 0 aliphatic rings. The zero-order valence-electron chi connectivity index (χ0n) is 14.0. The number of fused-ring (bicyclic) bond motifs is 1. The molecule has 1 heterocycles. The zero-order chi connectivity index (χ0) is 18.1. The summed E-state index contributed by atoms with van der Waals surface area (Å²) in [6, 6.07) is 19.8. The first-order chi connectivity index (χ1) is 12.6. The Bertz CT molecular complexity index is 1120. The number of aromatic nitrogens is 1. The third kappa shape index (κ3) is 3.34. The first kappa shape index (κ1) is 16.8. The maximum absolute atomic E-state index is 12.4. The Labute approximate surface area is 160 Å².